The summed E-state index contributed by atoms with van der Waals surface area (Å²) in [4.78, 5) is 37.8. The Morgan fingerprint density at radius 3 is 2.00 bits per heavy atom. The van der Waals surface area contributed by atoms with Crippen LogP contribution in [0.15, 0.2) is 48.5 Å². The van der Waals surface area contributed by atoms with Gasteiger partial charge in [0.15, 0.2) is 0 Å². The number of likely N-dealkylation sites (N-methyl/N-ethyl adjacent to an activating group) is 1. The van der Waals surface area contributed by atoms with E-state index in [4.69, 9.17) is 10.9 Å². The van der Waals surface area contributed by atoms with E-state index in [0.717, 1.165) is 18.7 Å². The lowest BCUT2D eigenvalue weighted by Gasteiger charge is -2.17. The molecule has 174 valence electrons. The highest BCUT2D eigenvalue weighted by Crippen LogP contribution is 2.10. The number of hydroxylamine groups is 1. The lowest BCUT2D eigenvalue weighted by atomic mass is 10.1. The van der Waals surface area contributed by atoms with Crippen LogP contribution in [-0.2, 0) is 9.59 Å². The standard InChI is InChI=1S/C24H29N5O4/c1-3-29(4-2)16-22(30)26-20-13-9-18(10-14-20)6-5-17-7-11-19(12-8-17)23(31)27-21(15-25)24(32)28-33/h7-14,21,33H,3-4,15-16,25H2,1-2H3,(H,26,30)(H,27,31)(H,28,32)/t21-/m0/s1. The first-order chi connectivity index (χ1) is 15.9. The molecule has 2 aromatic carbocycles. The van der Waals surface area contributed by atoms with E-state index < -0.39 is 17.9 Å². The first kappa shape index (κ1) is 25.5. The molecule has 6 N–H and O–H groups in total. The normalized spacial score (nSPS) is 11.2. The quantitative estimate of drug-likeness (QED) is 0.219. The van der Waals surface area contributed by atoms with Gasteiger partial charge in [-0.25, -0.2) is 5.48 Å². The van der Waals surface area contributed by atoms with Gasteiger partial charge in [0.1, 0.15) is 6.04 Å². The van der Waals surface area contributed by atoms with Crippen molar-refractivity contribution >= 4 is 23.4 Å². The summed E-state index contributed by atoms with van der Waals surface area (Å²) in [5.41, 5.74) is 9.41. The van der Waals surface area contributed by atoms with Crippen LogP contribution in [0.25, 0.3) is 0 Å². The predicted octanol–water partition coefficient (Wildman–Crippen LogP) is 0.929. The number of nitrogens with zero attached hydrogens (tertiary/aromatic N) is 1. The van der Waals surface area contributed by atoms with E-state index in [9.17, 15) is 14.4 Å². The van der Waals surface area contributed by atoms with Crippen LogP contribution in [0.5, 0.6) is 0 Å². The van der Waals surface area contributed by atoms with Crippen molar-refractivity contribution in [3.8, 4) is 11.8 Å². The summed E-state index contributed by atoms with van der Waals surface area (Å²) in [7, 11) is 0. The van der Waals surface area contributed by atoms with Crippen LogP contribution in [0.2, 0.25) is 0 Å². The SMILES string of the molecule is CCN(CC)CC(=O)Nc1ccc(C#Cc2ccc(C(=O)N[C@@H](CN)C(=O)NO)cc2)cc1. The van der Waals surface area contributed by atoms with E-state index in [0.29, 0.717) is 23.4 Å². The van der Waals surface area contributed by atoms with Crippen LogP contribution < -0.4 is 21.8 Å². The molecule has 2 aromatic rings. The summed E-state index contributed by atoms with van der Waals surface area (Å²) in [5.74, 6) is 4.71. The fourth-order valence-electron chi connectivity index (χ4n) is 2.89. The Labute approximate surface area is 193 Å². The molecular weight excluding hydrogens is 422 g/mol. The van der Waals surface area contributed by atoms with Gasteiger partial charge in [0.25, 0.3) is 11.8 Å². The number of nitrogens with one attached hydrogen (secondary N) is 3. The van der Waals surface area contributed by atoms with Gasteiger partial charge in [-0.05, 0) is 61.6 Å². The second-order valence-corrected chi connectivity index (χ2v) is 7.15. The largest absolute Gasteiger partial charge is 0.339 e. The van der Waals surface area contributed by atoms with E-state index in [-0.39, 0.29) is 12.5 Å². The molecule has 0 heterocycles. The molecule has 0 spiro atoms. The summed E-state index contributed by atoms with van der Waals surface area (Å²) < 4.78 is 0. The van der Waals surface area contributed by atoms with Crippen molar-refractivity contribution in [3.05, 3.63) is 65.2 Å². The van der Waals surface area contributed by atoms with E-state index in [1.54, 1.807) is 36.4 Å². The van der Waals surface area contributed by atoms with Gasteiger partial charge in [0.05, 0.1) is 6.54 Å². The monoisotopic (exact) mass is 451 g/mol. The molecule has 33 heavy (non-hydrogen) atoms. The number of carbonyl (C=O) groups excluding carboxylic acids is 3. The van der Waals surface area contributed by atoms with Crippen LogP contribution in [0.1, 0.15) is 35.3 Å². The van der Waals surface area contributed by atoms with Crippen molar-refractivity contribution in [1.29, 1.82) is 0 Å². The van der Waals surface area contributed by atoms with Crippen LogP contribution >= 0.6 is 0 Å². The molecule has 0 aliphatic carbocycles. The van der Waals surface area contributed by atoms with Crippen molar-refractivity contribution in [2.75, 3.05) is 31.5 Å². The zero-order chi connectivity index (χ0) is 24.2. The number of rotatable bonds is 9. The van der Waals surface area contributed by atoms with E-state index in [1.807, 2.05) is 30.9 Å². The molecule has 2 rings (SSSR count). The zero-order valence-electron chi connectivity index (χ0n) is 18.7. The Bertz CT molecular complexity index is 1010. The Morgan fingerprint density at radius 1 is 0.970 bits per heavy atom. The minimum Gasteiger partial charge on any atom is -0.339 e. The van der Waals surface area contributed by atoms with E-state index >= 15 is 0 Å². The maximum Gasteiger partial charge on any atom is 0.267 e. The van der Waals surface area contributed by atoms with Gasteiger partial charge in [0.2, 0.25) is 5.91 Å². The van der Waals surface area contributed by atoms with Gasteiger partial charge in [-0.1, -0.05) is 25.7 Å². The maximum absolute atomic E-state index is 12.2. The number of amides is 3. The topological polar surface area (TPSA) is 137 Å². The van der Waals surface area contributed by atoms with Gasteiger partial charge in [-0.3, -0.25) is 24.5 Å². The minimum absolute atomic E-state index is 0.0589. The van der Waals surface area contributed by atoms with E-state index in [1.165, 1.54) is 5.48 Å². The molecule has 0 aliphatic heterocycles. The molecular formula is C24H29N5O4. The molecule has 0 unspecified atom stereocenters. The number of nitrogens with two attached hydrogens (primary N) is 1. The van der Waals surface area contributed by atoms with Crippen LogP contribution in [0.3, 0.4) is 0 Å². The maximum atomic E-state index is 12.2. The summed E-state index contributed by atoms with van der Waals surface area (Å²) in [6, 6.07) is 12.7. The zero-order valence-corrected chi connectivity index (χ0v) is 18.7. The number of hydrogen-bond acceptors (Lipinski definition) is 6. The molecule has 0 saturated heterocycles. The van der Waals surface area contributed by atoms with Crippen LogP contribution in [0.4, 0.5) is 5.69 Å². The Morgan fingerprint density at radius 2 is 1.52 bits per heavy atom. The predicted molar refractivity (Wildman–Crippen MR) is 126 cm³/mol. The van der Waals surface area contributed by atoms with Gasteiger partial charge >= 0.3 is 0 Å². The minimum atomic E-state index is -1.04. The van der Waals surface area contributed by atoms with E-state index in [2.05, 4.69) is 22.5 Å². The molecule has 9 heteroatoms. The molecule has 0 aromatic heterocycles. The van der Waals surface area contributed by atoms with Gasteiger partial charge in [-0.2, -0.15) is 0 Å². The lowest BCUT2D eigenvalue weighted by Crippen LogP contribution is -2.50. The lowest BCUT2D eigenvalue weighted by molar-refractivity contribution is -0.130. The molecule has 0 aliphatic rings. The van der Waals surface area contributed by atoms with Crippen molar-refractivity contribution < 1.29 is 19.6 Å². The van der Waals surface area contributed by atoms with Gasteiger partial charge < -0.3 is 16.4 Å². The number of carbonyl (C=O) groups is 3. The average Bonchev–Trinajstić information content (AvgIpc) is 2.85. The highest BCUT2D eigenvalue weighted by atomic mass is 16.5. The summed E-state index contributed by atoms with van der Waals surface area (Å²) in [6.07, 6.45) is 0. The first-order valence-electron chi connectivity index (χ1n) is 10.6. The Kier molecular flexibility index (Phi) is 10.0. The molecule has 0 bridgehead atoms. The van der Waals surface area contributed by atoms with Crippen LogP contribution in [0, 0.1) is 11.8 Å². The molecule has 1 atom stereocenters. The van der Waals surface area contributed by atoms with Crippen molar-refractivity contribution in [2.24, 2.45) is 5.73 Å². The summed E-state index contributed by atoms with van der Waals surface area (Å²) >= 11 is 0. The molecule has 9 nitrogen and oxygen atoms in total. The fourth-order valence-corrected chi connectivity index (χ4v) is 2.89. The third-order valence-corrected chi connectivity index (χ3v) is 4.90. The van der Waals surface area contributed by atoms with Crippen molar-refractivity contribution in [1.82, 2.24) is 15.7 Å². The molecule has 3 amide bonds. The van der Waals surface area contributed by atoms with Crippen molar-refractivity contribution in [2.45, 2.75) is 19.9 Å². The van der Waals surface area contributed by atoms with Crippen molar-refractivity contribution in [3.63, 3.8) is 0 Å². The number of hydrogen-bond donors (Lipinski definition) is 5. The third-order valence-electron chi connectivity index (χ3n) is 4.90. The second-order valence-electron chi connectivity index (χ2n) is 7.15. The number of anilines is 1. The van der Waals surface area contributed by atoms with Gasteiger partial charge in [-0.15, -0.1) is 0 Å². The fraction of sp³-hybridized carbons (Fsp3) is 0.292. The Hall–Kier alpha value is -3.71. The molecule has 0 radical (unpaired) electrons. The first-order valence-corrected chi connectivity index (χ1v) is 10.6. The summed E-state index contributed by atoms with van der Waals surface area (Å²) in [6.45, 7) is 5.87. The highest BCUT2D eigenvalue weighted by Gasteiger charge is 2.19. The molecule has 0 saturated carbocycles. The van der Waals surface area contributed by atoms with Gasteiger partial charge in [0, 0.05) is 28.9 Å². The average molecular weight is 452 g/mol. The second kappa shape index (κ2) is 13.0. The third kappa shape index (κ3) is 8.05. The highest BCUT2D eigenvalue weighted by molar-refractivity contribution is 5.97. The smallest absolute Gasteiger partial charge is 0.267 e. The number of benzene rings is 2. The van der Waals surface area contributed by atoms with Crippen LogP contribution in [-0.4, -0.2) is 60.0 Å². The Balaban J connectivity index is 1.96. The summed E-state index contributed by atoms with van der Waals surface area (Å²) in [5, 5.41) is 14.0. The molecule has 0 fully saturated rings.